The summed E-state index contributed by atoms with van der Waals surface area (Å²) in [6.07, 6.45) is 3.68. The second kappa shape index (κ2) is 7.05. The number of esters is 1. The Labute approximate surface area is 122 Å². The first-order valence-corrected chi connectivity index (χ1v) is 6.41. The van der Waals surface area contributed by atoms with Crippen LogP contribution in [0.4, 0.5) is 0 Å². The maximum Gasteiger partial charge on any atom is 0.308 e. The summed E-state index contributed by atoms with van der Waals surface area (Å²) in [5.74, 6) is 0.229. The van der Waals surface area contributed by atoms with Crippen molar-refractivity contribution in [2.75, 3.05) is 0 Å². The highest BCUT2D eigenvalue weighted by molar-refractivity contribution is 5.80. The summed E-state index contributed by atoms with van der Waals surface area (Å²) in [5, 5.41) is 11.3. The van der Waals surface area contributed by atoms with E-state index in [-0.39, 0.29) is 11.7 Å². The van der Waals surface area contributed by atoms with Crippen LogP contribution >= 0.6 is 0 Å². The fraction of sp³-hybridized carbons (Fsp3) is 0.0588. The predicted octanol–water partition coefficient (Wildman–Crippen LogP) is 3.55. The molecule has 0 fully saturated rings. The number of aromatic hydroxyl groups is 1. The van der Waals surface area contributed by atoms with Gasteiger partial charge in [0, 0.05) is 19.3 Å². The van der Waals surface area contributed by atoms with Crippen LogP contribution in [-0.2, 0) is 4.79 Å². The van der Waals surface area contributed by atoms with Crippen molar-refractivity contribution in [1.29, 1.82) is 0 Å². The van der Waals surface area contributed by atoms with E-state index >= 15 is 0 Å². The van der Waals surface area contributed by atoms with Gasteiger partial charge in [0.2, 0.25) is 0 Å². The first-order valence-electron chi connectivity index (χ1n) is 6.41. The van der Waals surface area contributed by atoms with E-state index in [1.54, 1.807) is 0 Å². The molecule has 0 aliphatic heterocycles. The lowest BCUT2D eigenvalue weighted by Gasteiger charge is -1.99. The normalized spacial score (nSPS) is 9.57. The number of hydrogen-bond acceptors (Lipinski definition) is 4. The molecule has 0 saturated carbocycles. The summed E-state index contributed by atoms with van der Waals surface area (Å²) >= 11 is 0. The molecule has 0 radical (unpaired) electrons. The lowest BCUT2D eigenvalue weighted by molar-refractivity contribution is -0.131. The van der Waals surface area contributed by atoms with Crippen LogP contribution in [0, 0.1) is 0 Å². The lowest BCUT2D eigenvalue weighted by atomic mass is 10.2. The van der Waals surface area contributed by atoms with E-state index in [1.165, 1.54) is 42.0 Å². The molecular formula is C17H15NO3. The SMILES string of the molecule is CC(=O)Oc1ccc(O)cc1.c1ccc2cnccc2c1. The van der Waals surface area contributed by atoms with Crippen molar-refractivity contribution in [3.05, 3.63) is 67.0 Å². The molecule has 4 heteroatoms. The van der Waals surface area contributed by atoms with E-state index in [9.17, 15) is 4.79 Å². The fourth-order valence-corrected chi connectivity index (χ4v) is 1.71. The number of carbonyl (C=O) groups excluding carboxylic acids is 1. The number of pyridine rings is 1. The van der Waals surface area contributed by atoms with Gasteiger partial charge in [-0.2, -0.15) is 0 Å². The van der Waals surface area contributed by atoms with Crippen LogP contribution in [0.15, 0.2) is 67.0 Å². The Balaban J connectivity index is 0.000000154. The summed E-state index contributed by atoms with van der Waals surface area (Å²) in [5.41, 5.74) is 0. The molecule has 1 aromatic heterocycles. The standard InChI is InChI=1S/C9H7N.C8H8O3/c1-2-4-9-7-10-6-5-8(9)3-1;1-6(9)11-8-4-2-7(10)3-5-8/h1-7H;2-5,10H,1H3. The second-order valence-corrected chi connectivity index (χ2v) is 4.31. The van der Waals surface area contributed by atoms with E-state index < -0.39 is 0 Å². The van der Waals surface area contributed by atoms with Gasteiger partial charge >= 0.3 is 5.97 Å². The first kappa shape index (κ1) is 14.5. The fourth-order valence-electron chi connectivity index (χ4n) is 1.71. The number of fused-ring (bicyclic) bond motifs is 1. The molecule has 0 aliphatic rings. The van der Waals surface area contributed by atoms with E-state index in [1.807, 2.05) is 30.6 Å². The Bertz CT molecular complexity index is 658. The quantitative estimate of drug-likeness (QED) is 0.547. The third-order valence-corrected chi connectivity index (χ3v) is 2.65. The van der Waals surface area contributed by atoms with Crippen molar-refractivity contribution >= 4 is 16.7 Å². The molecular weight excluding hydrogens is 266 g/mol. The van der Waals surface area contributed by atoms with Gasteiger partial charge in [-0.1, -0.05) is 24.3 Å². The predicted molar refractivity (Wildman–Crippen MR) is 81.2 cm³/mol. The number of nitrogens with zero attached hydrogens (tertiary/aromatic N) is 1. The number of aromatic nitrogens is 1. The maximum atomic E-state index is 10.4. The Morgan fingerprint density at radius 3 is 2.29 bits per heavy atom. The molecule has 4 nitrogen and oxygen atoms in total. The number of phenolic OH excluding ortho intramolecular Hbond substituents is 1. The highest BCUT2D eigenvalue weighted by Gasteiger charge is 1.95. The van der Waals surface area contributed by atoms with Gasteiger partial charge in [-0.15, -0.1) is 0 Å². The van der Waals surface area contributed by atoms with Gasteiger partial charge in [0.15, 0.2) is 0 Å². The minimum Gasteiger partial charge on any atom is -0.508 e. The molecule has 0 spiro atoms. The van der Waals surface area contributed by atoms with Crippen molar-refractivity contribution in [2.45, 2.75) is 6.92 Å². The average molecular weight is 281 g/mol. The van der Waals surface area contributed by atoms with Gasteiger partial charge in [-0.3, -0.25) is 9.78 Å². The third-order valence-electron chi connectivity index (χ3n) is 2.65. The van der Waals surface area contributed by atoms with E-state index in [0.717, 1.165) is 0 Å². The largest absolute Gasteiger partial charge is 0.508 e. The van der Waals surface area contributed by atoms with Gasteiger partial charge in [0.1, 0.15) is 11.5 Å². The van der Waals surface area contributed by atoms with Crippen molar-refractivity contribution < 1.29 is 14.6 Å². The molecule has 106 valence electrons. The Morgan fingerprint density at radius 2 is 1.67 bits per heavy atom. The maximum absolute atomic E-state index is 10.4. The summed E-state index contributed by atoms with van der Waals surface area (Å²) in [7, 11) is 0. The van der Waals surface area contributed by atoms with Crippen molar-refractivity contribution in [3.8, 4) is 11.5 Å². The van der Waals surface area contributed by atoms with Crippen LogP contribution in [0.2, 0.25) is 0 Å². The summed E-state index contributed by atoms with van der Waals surface area (Å²) in [4.78, 5) is 14.4. The van der Waals surface area contributed by atoms with Crippen molar-refractivity contribution in [3.63, 3.8) is 0 Å². The van der Waals surface area contributed by atoms with Crippen LogP contribution < -0.4 is 4.74 Å². The van der Waals surface area contributed by atoms with Crippen LogP contribution in [0.25, 0.3) is 10.8 Å². The van der Waals surface area contributed by atoms with E-state index in [2.05, 4.69) is 17.1 Å². The number of ether oxygens (including phenoxy) is 1. The first-order chi connectivity index (χ1) is 10.1. The molecule has 3 rings (SSSR count). The minimum absolute atomic E-state index is 0.154. The van der Waals surface area contributed by atoms with Gasteiger partial charge < -0.3 is 9.84 Å². The molecule has 1 N–H and O–H groups in total. The molecule has 2 aromatic carbocycles. The molecule has 0 aliphatic carbocycles. The number of benzene rings is 2. The number of rotatable bonds is 1. The van der Waals surface area contributed by atoms with Gasteiger partial charge in [-0.05, 0) is 41.1 Å². The van der Waals surface area contributed by atoms with Crippen LogP contribution in [0.5, 0.6) is 11.5 Å². The molecule has 0 bridgehead atoms. The van der Waals surface area contributed by atoms with Gasteiger partial charge in [0.05, 0.1) is 0 Å². The average Bonchev–Trinajstić information content (AvgIpc) is 2.50. The van der Waals surface area contributed by atoms with Crippen LogP contribution in [0.3, 0.4) is 0 Å². The van der Waals surface area contributed by atoms with Gasteiger partial charge in [0.25, 0.3) is 0 Å². The Morgan fingerprint density at radius 1 is 1.00 bits per heavy atom. The summed E-state index contributed by atoms with van der Waals surface area (Å²) in [6.45, 7) is 1.33. The summed E-state index contributed by atoms with van der Waals surface area (Å²) < 4.78 is 4.72. The van der Waals surface area contributed by atoms with Crippen molar-refractivity contribution in [2.24, 2.45) is 0 Å². The number of carbonyl (C=O) groups is 1. The Kier molecular flexibility index (Phi) is 4.88. The zero-order valence-corrected chi connectivity index (χ0v) is 11.6. The zero-order chi connectivity index (χ0) is 15.1. The number of phenols is 1. The highest BCUT2D eigenvalue weighted by atomic mass is 16.5. The topological polar surface area (TPSA) is 59.4 Å². The molecule has 0 saturated heterocycles. The Hall–Kier alpha value is -2.88. The molecule has 1 heterocycles. The second-order valence-electron chi connectivity index (χ2n) is 4.31. The van der Waals surface area contributed by atoms with Crippen LogP contribution in [0.1, 0.15) is 6.92 Å². The zero-order valence-electron chi connectivity index (χ0n) is 11.6. The van der Waals surface area contributed by atoms with Crippen molar-refractivity contribution in [1.82, 2.24) is 4.98 Å². The lowest BCUT2D eigenvalue weighted by Crippen LogP contribution is -2.00. The third kappa shape index (κ3) is 4.62. The molecule has 21 heavy (non-hydrogen) atoms. The molecule has 0 amide bonds. The smallest absolute Gasteiger partial charge is 0.308 e. The highest BCUT2D eigenvalue weighted by Crippen LogP contribution is 2.15. The minimum atomic E-state index is -0.365. The van der Waals surface area contributed by atoms with Gasteiger partial charge in [-0.25, -0.2) is 0 Å². The van der Waals surface area contributed by atoms with E-state index in [0.29, 0.717) is 5.75 Å². The van der Waals surface area contributed by atoms with E-state index in [4.69, 9.17) is 9.84 Å². The number of hydrogen-bond donors (Lipinski definition) is 1. The van der Waals surface area contributed by atoms with Crippen LogP contribution in [-0.4, -0.2) is 16.1 Å². The molecule has 0 unspecified atom stereocenters. The molecule has 0 atom stereocenters. The monoisotopic (exact) mass is 281 g/mol. The summed E-state index contributed by atoms with van der Waals surface area (Å²) in [6, 6.07) is 16.2. The molecule has 3 aromatic rings.